The van der Waals surface area contributed by atoms with Crippen LogP contribution in [0.4, 0.5) is 0 Å². The molecule has 0 aromatic heterocycles. The van der Waals surface area contributed by atoms with E-state index in [1.165, 1.54) is 4.90 Å². The molecule has 0 aliphatic carbocycles. The van der Waals surface area contributed by atoms with Crippen molar-refractivity contribution >= 4 is 17.5 Å². The van der Waals surface area contributed by atoms with Gasteiger partial charge in [-0.1, -0.05) is 42.5 Å². The van der Waals surface area contributed by atoms with Crippen molar-refractivity contribution < 1.29 is 9.59 Å². The first kappa shape index (κ1) is 12.0. The zero-order chi connectivity index (χ0) is 14.6. The summed E-state index contributed by atoms with van der Waals surface area (Å²) in [6.45, 7) is 1.80. The van der Waals surface area contributed by atoms with Crippen LogP contribution >= 0.6 is 0 Å². The van der Waals surface area contributed by atoms with Gasteiger partial charge in [-0.25, -0.2) is 4.90 Å². The van der Waals surface area contributed by atoms with E-state index < -0.39 is 5.66 Å². The number of imide groups is 1. The summed E-state index contributed by atoms with van der Waals surface area (Å²) < 4.78 is 0. The molecule has 21 heavy (non-hydrogen) atoms. The van der Waals surface area contributed by atoms with Crippen LogP contribution in [-0.4, -0.2) is 28.1 Å². The van der Waals surface area contributed by atoms with E-state index in [0.717, 1.165) is 11.3 Å². The molecule has 4 nitrogen and oxygen atoms in total. The predicted molar refractivity (Wildman–Crippen MR) is 78.3 cm³/mol. The number of nitrogens with zero attached hydrogens (tertiary/aromatic N) is 2. The predicted octanol–water partition coefficient (Wildman–Crippen LogP) is 2.50. The normalized spacial score (nSPS) is 23.1. The van der Waals surface area contributed by atoms with Gasteiger partial charge in [-0.15, -0.1) is 0 Å². The lowest BCUT2D eigenvalue weighted by Gasteiger charge is -2.21. The molecule has 4 heteroatoms. The summed E-state index contributed by atoms with van der Waals surface area (Å²) in [5.74, 6) is -0.541. The minimum Gasteiger partial charge on any atom is -0.268 e. The topological polar surface area (TPSA) is 49.7 Å². The third-order valence-corrected chi connectivity index (χ3v) is 4.00. The fourth-order valence-corrected chi connectivity index (χ4v) is 2.86. The van der Waals surface area contributed by atoms with Crippen LogP contribution in [0.1, 0.15) is 33.2 Å². The van der Waals surface area contributed by atoms with E-state index in [9.17, 15) is 9.59 Å². The zero-order valence-electron chi connectivity index (χ0n) is 11.4. The molecule has 0 fully saturated rings. The highest BCUT2D eigenvalue weighted by Crippen LogP contribution is 2.40. The van der Waals surface area contributed by atoms with Crippen molar-refractivity contribution in [2.24, 2.45) is 4.99 Å². The summed E-state index contributed by atoms with van der Waals surface area (Å²) in [5, 5.41) is 0. The minimum atomic E-state index is -0.853. The molecule has 0 saturated heterocycles. The Morgan fingerprint density at radius 1 is 0.857 bits per heavy atom. The number of rotatable bonds is 2. The number of amides is 2. The van der Waals surface area contributed by atoms with Crippen molar-refractivity contribution in [3.05, 3.63) is 71.3 Å². The van der Waals surface area contributed by atoms with Crippen molar-refractivity contribution in [3.63, 3.8) is 0 Å². The number of hydrogen-bond acceptors (Lipinski definition) is 3. The van der Waals surface area contributed by atoms with Crippen LogP contribution < -0.4 is 0 Å². The van der Waals surface area contributed by atoms with Crippen LogP contribution in [0, 0.1) is 0 Å². The molecule has 1 unspecified atom stereocenters. The van der Waals surface area contributed by atoms with Crippen LogP contribution in [0.25, 0.3) is 0 Å². The highest BCUT2D eigenvalue weighted by molar-refractivity contribution is 6.28. The fourth-order valence-electron chi connectivity index (χ4n) is 2.86. The molecule has 2 amide bonds. The van der Waals surface area contributed by atoms with Gasteiger partial charge in [0.05, 0.1) is 16.8 Å². The SMILES string of the molecule is CC1(N2C(=O)c3ccccc3C2=O)N=C1c1ccccc1. The second kappa shape index (κ2) is 3.88. The molecule has 2 aliphatic heterocycles. The highest BCUT2D eigenvalue weighted by Gasteiger charge is 2.56. The Bertz CT molecular complexity index is 776. The molecule has 2 aliphatic rings. The summed E-state index contributed by atoms with van der Waals surface area (Å²) in [7, 11) is 0. The molecule has 2 aromatic carbocycles. The smallest absolute Gasteiger partial charge is 0.263 e. The molecule has 2 aromatic rings. The summed E-state index contributed by atoms with van der Waals surface area (Å²) in [6, 6.07) is 16.5. The van der Waals surface area contributed by atoms with Gasteiger partial charge >= 0.3 is 0 Å². The molecule has 0 spiro atoms. The van der Waals surface area contributed by atoms with Gasteiger partial charge in [-0.2, -0.15) is 0 Å². The highest BCUT2D eigenvalue weighted by atomic mass is 16.2. The van der Waals surface area contributed by atoms with Crippen molar-refractivity contribution in [3.8, 4) is 0 Å². The van der Waals surface area contributed by atoms with Gasteiger partial charge in [0.15, 0.2) is 5.66 Å². The van der Waals surface area contributed by atoms with Gasteiger partial charge in [-0.3, -0.25) is 14.6 Å². The molecule has 4 rings (SSSR count). The molecule has 0 N–H and O–H groups in total. The van der Waals surface area contributed by atoms with Crippen LogP contribution in [0.3, 0.4) is 0 Å². The lowest BCUT2D eigenvalue weighted by molar-refractivity contribution is 0.0585. The second-order valence-corrected chi connectivity index (χ2v) is 5.34. The maximum atomic E-state index is 12.5. The van der Waals surface area contributed by atoms with Gasteiger partial charge in [0.1, 0.15) is 0 Å². The molecular weight excluding hydrogens is 264 g/mol. The van der Waals surface area contributed by atoms with E-state index >= 15 is 0 Å². The van der Waals surface area contributed by atoms with Gasteiger partial charge in [0.2, 0.25) is 0 Å². The first-order valence-corrected chi connectivity index (χ1v) is 6.76. The fraction of sp³-hybridized carbons (Fsp3) is 0.118. The van der Waals surface area contributed by atoms with E-state index in [4.69, 9.17) is 0 Å². The van der Waals surface area contributed by atoms with Gasteiger partial charge in [-0.05, 0) is 19.1 Å². The monoisotopic (exact) mass is 276 g/mol. The van der Waals surface area contributed by atoms with E-state index in [1.54, 1.807) is 31.2 Å². The Morgan fingerprint density at radius 3 is 1.95 bits per heavy atom. The number of hydrogen-bond donors (Lipinski definition) is 0. The quantitative estimate of drug-likeness (QED) is 0.791. The minimum absolute atomic E-state index is 0.271. The van der Waals surface area contributed by atoms with Crippen LogP contribution in [0.15, 0.2) is 59.6 Å². The third-order valence-electron chi connectivity index (χ3n) is 4.00. The number of carbonyl (C=O) groups excluding carboxylic acids is 2. The Labute approximate surface area is 121 Å². The maximum absolute atomic E-state index is 12.5. The van der Waals surface area contributed by atoms with Crippen molar-refractivity contribution in [1.82, 2.24) is 4.90 Å². The Hall–Kier alpha value is -2.75. The van der Waals surface area contributed by atoms with E-state index in [0.29, 0.717) is 11.1 Å². The molecule has 102 valence electrons. The summed E-state index contributed by atoms with van der Waals surface area (Å²) in [4.78, 5) is 30.7. The average molecular weight is 276 g/mol. The van der Waals surface area contributed by atoms with Gasteiger partial charge < -0.3 is 0 Å². The Balaban J connectivity index is 1.71. The van der Waals surface area contributed by atoms with E-state index in [2.05, 4.69) is 4.99 Å². The number of benzene rings is 2. The maximum Gasteiger partial charge on any atom is 0.263 e. The molecule has 1 atom stereocenters. The zero-order valence-corrected chi connectivity index (χ0v) is 11.4. The number of fused-ring (bicyclic) bond motifs is 1. The van der Waals surface area contributed by atoms with Gasteiger partial charge in [0, 0.05) is 5.56 Å². The molecule has 0 radical (unpaired) electrons. The van der Waals surface area contributed by atoms with Crippen molar-refractivity contribution in [2.75, 3.05) is 0 Å². The largest absolute Gasteiger partial charge is 0.268 e. The average Bonchev–Trinajstić information content (AvgIpc) is 3.13. The molecule has 2 heterocycles. The van der Waals surface area contributed by atoms with Crippen molar-refractivity contribution in [1.29, 1.82) is 0 Å². The van der Waals surface area contributed by atoms with Crippen LogP contribution in [0.2, 0.25) is 0 Å². The Kier molecular flexibility index (Phi) is 2.22. The molecular formula is C17H12N2O2. The summed E-state index contributed by atoms with van der Waals surface area (Å²) in [5.41, 5.74) is 1.78. The Morgan fingerprint density at radius 2 is 1.38 bits per heavy atom. The molecule has 0 bridgehead atoms. The van der Waals surface area contributed by atoms with Crippen LogP contribution in [-0.2, 0) is 0 Å². The number of carbonyl (C=O) groups is 2. The summed E-state index contributed by atoms with van der Waals surface area (Å²) >= 11 is 0. The van der Waals surface area contributed by atoms with Crippen molar-refractivity contribution in [2.45, 2.75) is 12.6 Å². The summed E-state index contributed by atoms with van der Waals surface area (Å²) in [6.07, 6.45) is 0. The molecule has 0 saturated carbocycles. The standard InChI is InChI=1S/C17H12N2O2/c1-17(14(18-17)11-7-3-2-4-8-11)19-15(20)12-9-5-6-10-13(12)16(19)21/h2-10H,1H3. The van der Waals surface area contributed by atoms with E-state index in [1.807, 2.05) is 30.3 Å². The van der Waals surface area contributed by atoms with Gasteiger partial charge in [0.25, 0.3) is 11.8 Å². The lowest BCUT2D eigenvalue weighted by atomic mass is 10.1. The third kappa shape index (κ3) is 1.53. The van der Waals surface area contributed by atoms with Crippen LogP contribution in [0.5, 0.6) is 0 Å². The number of aliphatic imine (C=N–C) groups is 1. The van der Waals surface area contributed by atoms with E-state index in [-0.39, 0.29) is 11.8 Å². The first-order valence-electron chi connectivity index (χ1n) is 6.76. The first-order chi connectivity index (χ1) is 10.1. The lowest BCUT2D eigenvalue weighted by Crippen LogP contribution is -2.44. The second-order valence-electron chi connectivity index (χ2n) is 5.34.